The molecule has 1 aromatic carbocycles. The molecule has 1 aromatic rings. The van der Waals surface area contributed by atoms with Crippen LogP contribution in [0.5, 0.6) is 0 Å². The van der Waals surface area contributed by atoms with Crippen molar-refractivity contribution in [2.75, 3.05) is 17.6 Å². The van der Waals surface area contributed by atoms with Crippen molar-refractivity contribution < 1.29 is 4.39 Å². The van der Waals surface area contributed by atoms with Gasteiger partial charge in [0.2, 0.25) is 0 Å². The number of halogens is 1. The van der Waals surface area contributed by atoms with E-state index < -0.39 is 0 Å². The highest BCUT2D eigenvalue weighted by Crippen LogP contribution is 2.21. The van der Waals surface area contributed by atoms with Crippen molar-refractivity contribution in [3.8, 4) is 0 Å². The maximum absolute atomic E-state index is 13.3. The summed E-state index contributed by atoms with van der Waals surface area (Å²) in [4.78, 5) is 0. The number of hydrogen-bond acceptors (Lipinski definition) is 2. The van der Waals surface area contributed by atoms with Gasteiger partial charge in [0.25, 0.3) is 0 Å². The molecule has 0 bridgehead atoms. The van der Waals surface area contributed by atoms with E-state index in [0.29, 0.717) is 17.3 Å². The van der Waals surface area contributed by atoms with Gasteiger partial charge in [0, 0.05) is 6.54 Å². The maximum Gasteiger partial charge on any atom is 0.148 e. The zero-order valence-electron chi connectivity index (χ0n) is 9.39. The zero-order chi connectivity index (χ0) is 11.3. The van der Waals surface area contributed by atoms with Crippen LogP contribution in [0.3, 0.4) is 0 Å². The van der Waals surface area contributed by atoms with Crippen molar-refractivity contribution >= 4 is 11.4 Å². The molecule has 0 amide bonds. The Labute approximate surface area is 90.7 Å². The summed E-state index contributed by atoms with van der Waals surface area (Å²) in [5.74, 6) is 0.407. The maximum atomic E-state index is 13.3. The van der Waals surface area contributed by atoms with Crippen molar-refractivity contribution in [1.82, 2.24) is 0 Å². The molecule has 0 unspecified atom stereocenters. The van der Waals surface area contributed by atoms with Gasteiger partial charge in [0.05, 0.1) is 11.4 Å². The smallest absolute Gasteiger partial charge is 0.148 e. The van der Waals surface area contributed by atoms with Gasteiger partial charge in [-0.25, -0.2) is 4.39 Å². The van der Waals surface area contributed by atoms with Crippen LogP contribution in [0.4, 0.5) is 15.8 Å². The Bertz CT molecular complexity index is 290. The number of nitrogens with two attached hydrogens (primary N) is 1. The molecule has 3 N–H and O–H groups in total. The van der Waals surface area contributed by atoms with Crippen LogP contribution < -0.4 is 11.1 Å². The lowest BCUT2D eigenvalue weighted by molar-refractivity contribution is 0.565. The fourth-order valence-electron chi connectivity index (χ4n) is 1.45. The molecule has 0 atom stereocenters. The molecule has 1 rings (SSSR count). The molecule has 0 spiro atoms. The lowest BCUT2D eigenvalue weighted by Crippen LogP contribution is -2.07. The number of nitrogen functional groups attached to an aromatic ring is 1. The summed E-state index contributed by atoms with van der Waals surface area (Å²) in [7, 11) is 0. The topological polar surface area (TPSA) is 38.0 Å². The Morgan fingerprint density at radius 3 is 2.73 bits per heavy atom. The van der Waals surface area contributed by atoms with Crippen LogP contribution in [0.25, 0.3) is 0 Å². The molecule has 3 heteroatoms. The first-order valence-corrected chi connectivity index (χ1v) is 5.39. The summed E-state index contributed by atoms with van der Waals surface area (Å²) in [6.45, 7) is 5.12. The normalized spacial score (nSPS) is 10.7. The molecule has 0 aliphatic rings. The molecular formula is C12H19FN2. The van der Waals surface area contributed by atoms with Crippen molar-refractivity contribution in [1.29, 1.82) is 0 Å². The third-order valence-corrected chi connectivity index (χ3v) is 2.31. The molecule has 0 aliphatic heterocycles. The Hall–Kier alpha value is -1.25. The minimum atomic E-state index is -0.278. The van der Waals surface area contributed by atoms with E-state index in [1.165, 1.54) is 6.07 Å². The van der Waals surface area contributed by atoms with Crippen molar-refractivity contribution in [3.05, 3.63) is 24.0 Å². The van der Waals surface area contributed by atoms with Crippen molar-refractivity contribution in [3.63, 3.8) is 0 Å². The fraction of sp³-hybridized carbons (Fsp3) is 0.500. The average Bonchev–Trinajstić information content (AvgIpc) is 2.15. The summed E-state index contributed by atoms with van der Waals surface area (Å²) >= 11 is 0. The molecule has 2 nitrogen and oxygen atoms in total. The van der Waals surface area contributed by atoms with Gasteiger partial charge in [-0.1, -0.05) is 19.9 Å². The van der Waals surface area contributed by atoms with Crippen LogP contribution >= 0.6 is 0 Å². The van der Waals surface area contributed by atoms with Crippen molar-refractivity contribution in [2.24, 2.45) is 5.92 Å². The molecule has 0 saturated heterocycles. The molecule has 0 aliphatic carbocycles. The van der Waals surface area contributed by atoms with Crippen LogP contribution in [0.15, 0.2) is 18.2 Å². The van der Waals surface area contributed by atoms with Crippen LogP contribution in [-0.2, 0) is 0 Å². The standard InChI is InChI=1S/C12H19FN2/c1-9(2)5-4-8-15-12-10(13)6-3-7-11(12)14/h3,6-7,9,15H,4-5,8,14H2,1-2H3. The average molecular weight is 210 g/mol. The van der Waals surface area contributed by atoms with Gasteiger partial charge in [-0.05, 0) is 30.9 Å². The number of anilines is 2. The third kappa shape index (κ3) is 3.78. The molecule has 0 fully saturated rings. The summed E-state index contributed by atoms with van der Waals surface area (Å²) in [5, 5.41) is 3.04. The van der Waals surface area contributed by atoms with Gasteiger partial charge >= 0.3 is 0 Å². The minimum absolute atomic E-state index is 0.278. The van der Waals surface area contributed by atoms with E-state index in [0.717, 1.165) is 19.4 Å². The van der Waals surface area contributed by atoms with Crippen molar-refractivity contribution in [2.45, 2.75) is 26.7 Å². The zero-order valence-corrected chi connectivity index (χ0v) is 9.39. The second-order valence-corrected chi connectivity index (χ2v) is 4.17. The number of benzene rings is 1. The number of para-hydroxylation sites is 1. The molecule has 0 aromatic heterocycles. The van der Waals surface area contributed by atoms with Crippen LogP contribution in [0.2, 0.25) is 0 Å². The highest BCUT2D eigenvalue weighted by molar-refractivity contribution is 5.66. The Balaban J connectivity index is 2.43. The first kappa shape index (κ1) is 11.8. The first-order chi connectivity index (χ1) is 7.11. The molecule has 0 radical (unpaired) electrons. The van der Waals surface area contributed by atoms with Gasteiger partial charge in [-0.3, -0.25) is 0 Å². The van der Waals surface area contributed by atoms with E-state index in [9.17, 15) is 4.39 Å². The van der Waals surface area contributed by atoms with Gasteiger partial charge in [-0.15, -0.1) is 0 Å². The van der Waals surface area contributed by atoms with E-state index in [1.807, 2.05) is 0 Å². The lowest BCUT2D eigenvalue weighted by atomic mass is 10.1. The quantitative estimate of drug-likeness (QED) is 0.578. The predicted octanol–water partition coefficient (Wildman–Crippen LogP) is 3.26. The summed E-state index contributed by atoms with van der Waals surface area (Å²) in [6, 6.07) is 4.74. The van der Waals surface area contributed by atoms with E-state index in [1.54, 1.807) is 12.1 Å². The largest absolute Gasteiger partial charge is 0.397 e. The van der Waals surface area contributed by atoms with E-state index in [4.69, 9.17) is 5.73 Å². The fourth-order valence-corrected chi connectivity index (χ4v) is 1.45. The first-order valence-electron chi connectivity index (χ1n) is 5.39. The highest BCUT2D eigenvalue weighted by atomic mass is 19.1. The monoisotopic (exact) mass is 210 g/mol. The van der Waals surface area contributed by atoms with Crippen LogP contribution in [0.1, 0.15) is 26.7 Å². The van der Waals surface area contributed by atoms with E-state index >= 15 is 0 Å². The second kappa shape index (κ2) is 5.59. The lowest BCUT2D eigenvalue weighted by Gasteiger charge is -2.10. The SMILES string of the molecule is CC(C)CCCNc1c(N)cccc1F. The van der Waals surface area contributed by atoms with E-state index in [2.05, 4.69) is 19.2 Å². The summed E-state index contributed by atoms with van der Waals surface area (Å²) in [6.07, 6.45) is 2.17. The molecule has 0 heterocycles. The Kier molecular flexibility index (Phi) is 4.40. The van der Waals surface area contributed by atoms with Gasteiger partial charge < -0.3 is 11.1 Å². The van der Waals surface area contributed by atoms with E-state index in [-0.39, 0.29) is 5.82 Å². The molecule has 0 saturated carbocycles. The second-order valence-electron chi connectivity index (χ2n) is 4.17. The summed E-state index contributed by atoms with van der Waals surface area (Å²) in [5.41, 5.74) is 6.56. The minimum Gasteiger partial charge on any atom is -0.397 e. The van der Waals surface area contributed by atoms with Gasteiger partial charge in [-0.2, -0.15) is 0 Å². The molecule has 15 heavy (non-hydrogen) atoms. The van der Waals surface area contributed by atoms with Crippen LogP contribution in [0, 0.1) is 11.7 Å². The highest BCUT2D eigenvalue weighted by Gasteiger charge is 2.04. The number of rotatable bonds is 5. The Morgan fingerprint density at radius 1 is 1.40 bits per heavy atom. The number of nitrogens with one attached hydrogen (secondary N) is 1. The molecule has 84 valence electrons. The van der Waals surface area contributed by atoms with Crippen LogP contribution in [-0.4, -0.2) is 6.54 Å². The molecular weight excluding hydrogens is 191 g/mol. The van der Waals surface area contributed by atoms with Gasteiger partial charge in [0.1, 0.15) is 5.82 Å². The third-order valence-electron chi connectivity index (χ3n) is 2.31. The predicted molar refractivity (Wildman–Crippen MR) is 63.4 cm³/mol. The van der Waals surface area contributed by atoms with Gasteiger partial charge in [0.15, 0.2) is 0 Å². The number of hydrogen-bond donors (Lipinski definition) is 2. The summed E-state index contributed by atoms with van der Waals surface area (Å²) < 4.78 is 13.3. The Morgan fingerprint density at radius 2 is 2.13 bits per heavy atom.